The normalized spacial score (nSPS) is 11.0. The number of guanidine groups is 1. The molecule has 2 amide bonds. The summed E-state index contributed by atoms with van der Waals surface area (Å²) >= 11 is 5.47. The van der Waals surface area contributed by atoms with Gasteiger partial charge in [0.15, 0.2) is 0 Å². The molecule has 104 valence electrons. The lowest BCUT2D eigenvalue weighted by Crippen LogP contribution is -2.44. The van der Waals surface area contributed by atoms with Gasteiger partial charge < -0.3 is 10.6 Å². The molecule has 0 bridgehead atoms. The summed E-state index contributed by atoms with van der Waals surface area (Å²) < 4.78 is 38.0. The van der Waals surface area contributed by atoms with E-state index in [1.165, 1.54) is 13.1 Å². The summed E-state index contributed by atoms with van der Waals surface area (Å²) in [7, 11) is 1.31. The maximum absolute atomic E-state index is 12.7. The number of carbonyl (C=O) groups excluding carboxylic acids is 1. The van der Waals surface area contributed by atoms with E-state index in [9.17, 15) is 18.0 Å². The summed E-state index contributed by atoms with van der Waals surface area (Å²) in [6.45, 7) is 0. The fourth-order valence-corrected chi connectivity index (χ4v) is 1.49. The monoisotopic (exact) mass is 294 g/mol. The van der Waals surface area contributed by atoms with Gasteiger partial charge in [-0.25, -0.2) is 4.79 Å². The van der Waals surface area contributed by atoms with Gasteiger partial charge in [0.25, 0.3) is 0 Å². The number of nitrogens with one attached hydrogen (secondary N) is 2. The van der Waals surface area contributed by atoms with Crippen molar-refractivity contribution in [3.63, 3.8) is 0 Å². The maximum Gasteiger partial charge on any atom is 0.417 e. The highest BCUT2D eigenvalue weighted by molar-refractivity contribution is 6.31. The molecule has 1 rings (SSSR count). The molecule has 4 N–H and O–H groups in total. The first-order valence-electron chi connectivity index (χ1n) is 4.88. The van der Waals surface area contributed by atoms with Crippen molar-refractivity contribution in [2.45, 2.75) is 6.18 Å². The molecule has 0 heterocycles. The molecule has 0 spiro atoms. The molecule has 1 aromatic rings. The molecule has 19 heavy (non-hydrogen) atoms. The molecule has 0 saturated carbocycles. The number of primary amides is 1. The zero-order valence-corrected chi connectivity index (χ0v) is 10.4. The first-order chi connectivity index (χ1) is 8.62. The number of hydrogen-bond donors (Lipinski definition) is 3. The number of hydrogen-bond acceptors (Lipinski definition) is 2. The zero-order valence-electron chi connectivity index (χ0n) is 9.68. The molecule has 0 aliphatic rings. The minimum Gasteiger partial charge on any atom is -0.351 e. The lowest BCUT2D eigenvalue weighted by Gasteiger charge is -2.21. The predicted molar refractivity (Wildman–Crippen MR) is 65.3 cm³/mol. The Hall–Kier alpha value is -1.96. The third-order valence-corrected chi connectivity index (χ3v) is 2.55. The van der Waals surface area contributed by atoms with Crippen LogP contribution in [0.2, 0.25) is 5.02 Å². The van der Waals surface area contributed by atoms with Gasteiger partial charge in [0.05, 0.1) is 10.6 Å². The number of nitrogens with zero attached hydrogens (tertiary/aromatic N) is 1. The fourth-order valence-electron chi connectivity index (χ4n) is 1.27. The Balaban J connectivity index is 3.09. The van der Waals surface area contributed by atoms with Gasteiger partial charge >= 0.3 is 12.2 Å². The SMILES string of the molecule is CN(C(=N)NC(N)=O)c1ccc(Cl)c(C(F)(F)F)c1. The van der Waals surface area contributed by atoms with Crippen LogP contribution in [0, 0.1) is 5.41 Å². The Bertz CT molecular complexity index is 518. The molecule has 0 radical (unpaired) electrons. The van der Waals surface area contributed by atoms with Crippen LogP contribution in [0.5, 0.6) is 0 Å². The van der Waals surface area contributed by atoms with Gasteiger partial charge in [0.1, 0.15) is 0 Å². The summed E-state index contributed by atoms with van der Waals surface area (Å²) in [5.74, 6) is -0.456. The molecule has 0 saturated heterocycles. The topological polar surface area (TPSA) is 82.2 Å². The van der Waals surface area contributed by atoms with E-state index in [-0.39, 0.29) is 5.69 Å². The molecule has 0 aliphatic heterocycles. The Morgan fingerprint density at radius 3 is 2.53 bits per heavy atom. The van der Waals surface area contributed by atoms with Crippen molar-refractivity contribution in [1.82, 2.24) is 5.32 Å². The first kappa shape index (κ1) is 15.1. The molecule has 5 nitrogen and oxygen atoms in total. The molecular weight excluding hydrogens is 285 g/mol. The predicted octanol–water partition coefficient (Wildman–Crippen LogP) is 2.40. The first-order valence-corrected chi connectivity index (χ1v) is 5.26. The number of rotatable bonds is 1. The average molecular weight is 295 g/mol. The van der Waals surface area contributed by atoms with E-state index in [1.54, 1.807) is 0 Å². The Kier molecular flexibility index (Phi) is 4.25. The van der Waals surface area contributed by atoms with E-state index in [0.717, 1.165) is 17.0 Å². The molecule has 9 heteroatoms. The summed E-state index contributed by atoms with van der Waals surface area (Å²) in [5, 5.41) is 8.94. The van der Waals surface area contributed by atoms with Crippen LogP contribution in [0.15, 0.2) is 18.2 Å². The van der Waals surface area contributed by atoms with Gasteiger partial charge in [0, 0.05) is 12.7 Å². The summed E-state index contributed by atoms with van der Waals surface area (Å²) in [4.78, 5) is 11.6. The Morgan fingerprint density at radius 2 is 2.05 bits per heavy atom. The summed E-state index contributed by atoms with van der Waals surface area (Å²) in [6.07, 6.45) is -4.60. The van der Waals surface area contributed by atoms with Crippen LogP contribution in [0.1, 0.15) is 5.56 Å². The van der Waals surface area contributed by atoms with E-state index in [2.05, 4.69) is 0 Å². The number of alkyl halides is 3. The lowest BCUT2D eigenvalue weighted by atomic mass is 10.2. The van der Waals surface area contributed by atoms with Crippen LogP contribution in [0.4, 0.5) is 23.7 Å². The van der Waals surface area contributed by atoms with E-state index in [4.69, 9.17) is 22.7 Å². The quantitative estimate of drug-likeness (QED) is 0.549. The van der Waals surface area contributed by atoms with E-state index >= 15 is 0 Å². The number of nitrogens with two attached hydrogens (primary N) is 1. The van der Waals surface area contributed by atoms with Crippen molar-refractivity contribution in [3.05, 3.63) is 28.8 Å². The largest absolute Gasteiger partial charge is 0.417 e. The maximum atomic E-state index is 12.7. The average Bonchev–Trinajstić information content (AvgIpc) is 2.26. The fraction of sp³-hybridized carbons (Fsp3) is 0.200. The van der Waals surface area contributed by atoms with Crippen molar-refractivity contribution in [2.24, 2.45) is 5.73 Å². The Morgan fingerprint density at radius 1 is 1.47 bits per heavy atom. The summed E-state index contributed by atoms with van der Waals surface area (Å²) in [6, 6.07) is 2.14. The minimum atomic E-state index is -4.60. The number of anilines is 1. The highest BCUT2D eigenvalue weighted by atomic mass is 35.5. The van der Waals surface area contributed by atoms with Gasteiger partial charge in [-0.2, -0.15) is 13.2 Å². The number of amides is 2. The third-order valence-electron chi connectivity index (χ3n) is 2.22. The zero-order chi connectivity index (χ0) is 14.8. The van der Waals surface area contributed by atoms with E-state index < -0.39 is 28.8 Å². The Labute approximate surface area is 111 Å². The van der Waals surface area contributed by atoms with Gasteiger partial charge in [-0.3, -0.25) is 10.7 Å². The van der Waals surface area contributed by atoms with Gasteiger partial charge in [-0.15, -0.1) is 0 Å². The number of urea groups is 1. The molecular formula is C10H10ClF3N4O. The van der Waals surface area contributed by atoms with Crippen molar-refractivity contribution in [3.8, 4) is 0 Å². The van der Waals surface area contributed by atoms with E-state index in [0.29, 0.717) is 0 Å². The lowest BCUT2D eigenvalue weighted by molar-refractivity contribution is -0.137. The van der Waals surface area contributed by atoms with Crippen molar-refractivity contribution >= 4 is 29.3 Å². The molecule has 0 atom stereocenters. The van der Waals surface area contributed by atoms with Crippen molar-refractivity contribution < 1.29 is 18.0 Å². The van der Waals surface area contributed by atoms with Crippen molar-refractivity contribution in [2.75, 3.05) is 11.9 Å². The van der Waals surface area contributed by atoms with Crippen molar-refractivity contribution in [1.29, 1.82) is 5.41 Å². The van der Waals surface area contributed by atoms with Crippen LogP contribution in [0.25, 0.3) is 0 Å². The van der Waals surface area contributed by atoms with Gasteiger partial charge in [0.2, 0.25) is 5.96 Å². The number of halogens is 4. The highest BCUT2D eigenvalue weighted by Crippen LogP contribution is 2.36. The molecule has 0 fully saturated rings. The second-order valence-corrected chi connectivity index (χ2v) is 3.97. The minimum absolute atomic E-state index is 0.0375. The molecule has 0 aliphatic carbocycles. The van der Waals surface area contributed by atoms with Gasteiger partial charge in [-0.1, -0.05) is 11.6 Å². The highest BCUT2D eigenvalue weighted by Gasteiger charge is 2.33. The number of benzene rings is 1. The summed E-state index contributed by atoms with van der Waals surface area (Å²) in [5.41, 5.74) is 3.83. The third kappa shape index (κ3) is 3.75. The molecule has 0 aromatic heterocycles. The standard InChI is InChI=1S/C10H10ClF3N4O/c1-18(8(15)17-9(16)19)5-2-3-7(11)6(4-5)10(12,13)14/h2-4H,1H3,(H4,15,16,17,19). The van der Waals surface area contributed by atoms with Crippen LogP contribution < -0.4 is 16.0 Å². The van der Waals surface area contributed by atoms with Crippen LogP contribution in [0.3, 0.4) is 0 Å². The molecule has 1 aromatic carbocycles. The van der Waals surface area contributed by atoms with Crippen LogP contribution in [-0.4, -0.2) is 19.0 Å². The smallest absolute Gasteiger partial charge is 0.351 e. The van der Waals surface area contributed by atoms with E-state index in [1.807, 2.05) is 5.32 Å². The molecule has 0 unspecified atom stereocenters. The van der Waals surface area contributed by atoms with Crippen LogP contribution >= 0.6 is 11.6 Å². The second kappa shape index (κ2) is 5.35. The van der Waals surface area contributed by atoms with Crippen LogP contribution in [-0.2, 0) is 6.18 Å². The van der Waals surface area contributed by atoms with Gasteiger partial charge in [-0.05, 0) is 18.2 Å². The number of carbonyl (C=O) groups is 1. The second-order valence-electron chi connectivity index (χ2n) is 3.56.